The Hall–Kier alpha value is -2.08. The van der Waals surface area contributed by atoms with Crippen LogP contribution in [0.15, 0.2) is 36.5 Å². The predicted octanol–water partition coefficient (Wildman–Crippen LogP) is 2.13. The number of rotatable bonds is 2. The smallest absolute Gasteiger partial charge is 0.246 e. The lowest BCUT2D eigenvalue weighted by Crippen LogP contribution is -2.52. The van der Waals surface area contributed by atoms with Crippen LogP contribution in [0.25, 0.3) is 10.9 Å². The first-order chi connectivity index (χ1) is 11.7. The highest BCUT2D eigenvalue weighted by Gasteiger charge is 2.36. The van der Waals surface area contributed by atoms with Gasteiger partial charge in [-0.3, -0.25) is 14.6 Å². The molecule has 6 heteroatoms. The summed E-state index contributed by atoms with van der Waals surface area (Å²) >= 11 is 1.53. The van der Waals surface area contributed by atoms with E-state index in [-0.39, 0.29) is 17.9 Å². The third-order valence-electron chi connectivity index (χ3n) is 4.68. The van der Waals surface area contributed by atoms with Crippen LogP contribution in [0.2, 0.25) is 0 Å². The molecule has 0 aliphatic carbocycles. The third-order valence-corrected chi connectivity index (χ3v) is 5.72. The van der Waals surface area contributed by atoms with Crippen molar-refractivity contribution in [2.45, 2.75) is 24.9 Å². The Morgan fingerprint density at radius 1 is 1.33 bits per heavy atom. The van der Waals surface area contributed by atoms with Crippen molar-refractivity contribution in [3.8, 4) is 0 Å². The molecule has 2 atom stereocenters. The monoisotopic (exact) mass is 341 g/mol. The number of benzene rings is 1. The first-order valence-corrected chi connectivity index (χ1v) is 9.40. The van der Waals surface area contributed by atoms with Crippen LogP contribution in [0.5, 0.6) is 0 Å². The molecule has 1 N–H and O–H groups in total. The number of thioether (sulfide) groups is 1. The van der Waals surface area contributed by atoms with Crippen molar-refractivity contribution >= 4 is 34.5 Å². The topological polar surface area (TPSA) is 62.3 Å². The van der Waals surface area contributed by atoms with Crippen LogP contribution in [-0.4, -0.2) is 45.8 Å². The molecule has 24 heavy (non-hydrogen) atoms. The molecule has 2 fully saturated rings. The van der Waals surface area contributed by atoms with Gasteiger partial charge in [0, 0.05) is 23.9 Å². The number of hydrogen-bond acceptors (Lipinski definition) is 4. The average molecular weight is 341 g/mol. The summed E-state index contributed by atoms with van der Waals surface area (Å²) in [5, 5.41) is 3.92. The zero-order chi connectivity index (χ0) is 16.5. The van der Waals surface area contributed by atoms with Crippen molar-refractivity contribution in [1.29, 1.82) is 0 Å². The van der Waals surface area contributed by atoms with E-state index in [1.807, 2.05) is 35.4 Å². The van der Waals surface area contributed by atoms with E-state index in [9.17, 15) is 9.59 Å². The standard InChI is InChI=1S/C18H19N3O2S/c22-17-11-24-10-15(20-17)18(23)21-7-3-6-16(21)13-8-12-4-1-2-5-14(12)19-9-13/h1-2,4-5,8-9,15-16H,3,6-7,10-11H2,(H,20,22)/t15-,16?/m0/s1. The summed E-state index contributed by atoms with van der Waals surface area (Å²) in [5.74, 6) is 1.09. The van der Waals surface area contributed by atoms with E-state index in [1.165, 1.54) is 11.8 Å². The molecule has 1 aromatic heterocycles. The van der Waals surface area contributed by atoms with Crippen molar-refractivity contribution in [2.24, 2.45) is 0 Å². The first-order valence-electron chi connectivity index (χ1n) is 8.24. The molecule has 0 saturated carbocycles. The van der Waals surface area contributed by atoms with E-state index >= 15 is 0 Å². The van der Waals surface area contributed by atoms with E-state index in [1.54, 1.807) is 0 Å². The summed E-state index contributed by atoms with van der Waals surface area (Å²) in [7, 11) is 0. The lowest BCUT2D eigenvalue weighted by atomic mass is 10.0. The number of aromatic nitrogens is 1. The Kier molecular flexibility index (Phi) is 4.14. The van der Waals surface area contributed by atoms with Crippen molar-refractivity contribution in [2.75, 3.05) is 18.1 Å². The molecular weight excluding hydrogens is 322 g/mol. The minimum Gasteiger partial charge on any atom is -0.343 e. The number of para-hydroxylation sites is 1. The molecule has 5 nitrogen and oxygen atoms in total. The van der Waals surface area contributed by atoms with Gasteiger partial charge in [-0.15, -0.1) is 11.8 Å². The molecule has 4 rings (SSSR count). The van der Waals surface area contributed by atoms with Gasteiger partial charge in [0.2, 0.25) is 11.8 Å². The van der Waals surface area contributed by atoms with Gasteiger partial charge in [0.1, 0.15) is 6.04 Å². The largest absolute Gasteiger partial charge is 0.343 e. The maximum absolute atomic E-state index is 12.9. The average Bonchev–Trinajstić information content (AvgIpc) is 3.10. The number of pyridine rings is 1. The normalized spacial score (nSPS) is 24.2. The van der Waals surface area contributed by atoms with Gasteiger partial charge >= 0.3 is 0 Å². The molecule has 2 saturated heterocycles. The second kappa shape index (κ2) is 6.43. The van der Waals surface area contributed by atoms with Crippen molar-refractivity contribution < 1.29 is 9.59 Å². The lowest BCUT2D eigenvalue weighted by molar-refractivity contribution is -0.136. The fourth-order valence-electron chi connectivity index (χ4n) is 3.53. The molecule has 1 aromatic carbocycles. The number of hydrogen-bond donors (Lipinski definition) is 1. The summed E-state index contributed by atoms with van der Waals surface area (Å²) in [6.45, 7) is 0.743. The number of nitrogens with one attached hydrogen (secondary N) is 1. The van der Waals surface area contributed by atoms with Gasteiger partial charge in [0.05, 0.1) is 17.3 Å². The summed E-state index contributed by atoms with van der Waals surface area (Å²) < 4.78 is 0. The highest BCUT2D eigenvalue weighted by atomic mass is 32.2. The first kappa shape index (κ1) is 15.4. The zero-order valence-electron chi connectivity index (χ0n) is 13.3. The van der Waals surface area contributed by atoms with Gasteiger partial charge in [-0.05, 0) is 30.5 Å². The van der Waals surface area contributed by atoms with E-state index < -0.39 is 6.04 Å². The third kappa shape index (κ3) is 2.86. The molecular formula is C18H19N3O2S. The van der Waals surface area contributed by atoms with Crippen LogP contribution in [0, 0.1) is 0 Å². The molecule has 2 amide bonds. The van der Waals surface area contributed by atoms with Gasteiger partial charge in [-0.25, -0.2) is 0 Å². The van der Waals surface area contributed by atoms with E-state index in [0.717, 1.165) is 35.9 Å². The molecule has 0 spiro atoms. The molecule has 0 bridgehead atoms. The fraction of sp³-hybridized carbons (Fsp3) is 0.389. The number of fused-ring (bicyclic) bond motifs is 1. The SMILES string of the molecule is O=C1CSC[C@@H](C(=O)N2CCCC2c2cnc3ccccc3c2)N1. The van der Waals surface area contributed by atoms with Gasteiger partial charge in [0.15, 0.2) is 0 Å². The summed E-state index contributed by atoms with van der Waals surface area (Å²) in [6.07, 6.45) is 3.81. The quantitative estimate of drug-likeness (QED) is 0.909. The number of nitrogens with zero attached hydrogens (tertiary/aromatic N) is 2. The fourth-order valence-corrected chi connectivity index (χ4v) is 4.38. The number of likely N-dealkylation sites (tertiary alicyclic amines) is 1. The highest BCUT2D eigenvalue weighted by molar-refractivity contribution is 8.00. The maximum atomic E-state index is 12.9. The van der Waals surface area contributed by atoms with Crippen molar-refractivity contribution in [1.82, 2.24) is 15.2 Å². The van der Waals surface area contributed by atoms with Crippen LogP contribution in [0.4, 0.5) is 0 Å². The molecule has 2 aromatic rings. The predicted molar refractivity (Wildman–Crippen MR) is 94.7 cm³/mol. The number of amides is 2. The lowest BCUT2D eigenvalue weighted by Gasteiger charge is -2.31. The minimum absolute atomic E-state index is 0.0335. The van der Waals surface area contributed by atoms with E-state index in [0.29, 0.717) is 11.5 Å². The van der Waals surface area contributed by atoms with E-state index in [2.05, 4.69) is 16.4 Å². The molecule has 3 heterocycles. The minimum atomic E-state index is -0.398. The molecule has 2 aliphatic rings. The summed E-state index contributed by atoms with van der Waals surface area (Å²) in [5.41, 5.74) is 2.04. The Bertz CT molecular complexity index is 795. The summed E-state index contributed by atoms with van der Waals surface area (Å²) in [6, 6.07) is 9.80. The zero-order valence-corrected chi connectivity index (χ0v) is 14.1. The van der Waals surface area contributed by atoms with Crippen molar-refractivity contribution in [3.63, 3.8) is 0 Å². The van der Waals surface area contributed by atoms with Crippen LogP contribution in [0.1, 0.15) is 24.4 Å². The van der Waals surface area contributed by atoms with Crippen LogP contribution < -0.4 is 5.32 Å². The second-order valence-corrected chi connectivity index (χ2v) is 7.32. The Morgan fingerprint density at radius 3 is 3.08 bits per heavy atom. The molecule has 0 radical (unpaired) electrons. The number of carbonyl (C=O) groups excluding carboxylic acids is 2. The van der Waals surface area contributed by atoms with Crippen LogP contribution in [0.3, 0.4) is 0 Å². The molecule has 124 valence electrons. The van der Waals surface area contributed by atoms with Crippen LogP contribution >= 0.6 is 11.8 Å². The Labute approximate surface area is 144 Å². The van der Waals surface area contributed by atoms with Gasteiger partial charge < -0.3 is 10.2 Å². The van der Waals surface area contributed by atoms with Gasteiger partial charge in [-0.2, -0.15) is 0 Å². The highest BCUT2D eigenvalue weighted by Crippen LogP contribution is 2.33. The van der Waals surface area contributed by atoms with Gasteiger partial charge in [0.25, 0.3) is 0 Å². The Morgan fingerprint density at radius 2 is 2.21 bits per heavy atom. The van der Waals surface area contributed by atoms with Gasteiger partial charge in [-0.1, -0.05) is 18.2 Å². The molecule has 1 unspecified atom stereocenters. The second-order valence-electron chi connectivity index (χ2n) is 6.29. The number of carbonyl (C=O) groups is 2. The van der Waals surface area contributed by atoms with E-state index in [4.69, 9.17) is 0 Å². The summed E-state index contributed by atoms with van der Waals surface area (Å²) in [4.78, 5) is 30.9. The maximum Gasteiger partial charge on any atom is 0.246 e. The molecule has 2 aliphatic heterocycles. The van der Waals surface area contributed by atoms with Crippen molar-refractivity contribution in [3.05, 3.63) is 42.1 Å². The Balaban J connectivity index is 1.59. The van der Waals surface area contributed by atoms with Crippen LogP contribution in [-0.2, 0) is 9.59 Å².